The smallest absolute Gasteiger partial charge is 0.326 e. The highest BCUT2D eigenvalue weighted by Crippen LogP contribution is 2.01. The zero-order valence-electron chi connectivity index (χ0n) is 16.4. The summed E-state index contributed by atoms with van der Waals surface area (Å²) in [6, 6.07) is -5.01. The lowest BCUT2D eigenvalue weighted by atomic mass is 10.1. The van der Waals surface area contributed by atoms with Crippen molar-refractivity contribution in [1.82, 2.24) is 16.0 Å². The monoisotopic (exact) mass is 469 g/mol. The molecule has 0 heterocycles. The van der Waals surface area contributed by atoms with Crippen LogP contribution in [-0.4, -0.2) is 96.4 Å². The van der Waals surface area contributed by atoms with Gasteiger partial charge in [-0.1, -0.05) is 0 Å². The third-order valence-corrected chi connectivity index (χ3v) is 4.34. The van der Waals surface area contributed by atoms with Crippen molar-refractivity contribution in [2.45, 2.75) is 31.0 Å². The number of guanidine groups is 1. The van der Waals surface area contributed by atoms with Crippen LogP contribution in [0.15, 0.2) is 4.99 Å². The fourth-order valence-electron chi connectivity index (χ4n) is 2.15. The molecule has 17 heteroatoms. The highest BCUT2D eigenvalue weighted by atomic mass is 32.2. The third-order valence-electron chi connectivity index (χ3n) is 3.59. The summed E-state index contributed by atoms with van der Waals surface area (Å²) < 4.78 is 31.5. The average molecular weight is 469 g/mol. The molecule has 3 atom stereocenters. The Bertz CT molecular complexity index is 783. The standard InChI is InChI=1S/C14H27N7O9S/c15-4-10(23)19-8(5-22)11(24)21-9(6-31(28,29)30)12(25)20-7(13(26)27)2-1-3-18-14(16)17/h7-9,22H,1-6,15H2,(H,19,23)(H,20,25)(H,21,24)(H,26,27)(H4,16,17,18)(H,28,29,30)/t7-,8-,9-/m0/s1. The number of aliphatic hydroxyl groups excluding tert-OH is 1. The number of aliphatic imine (C=N–C) groups is 1. The Morgan fingerprint density at radius 1 is 0.968 bits per heavy atom. The van der Waals surface area contributed by atoms with Gasteiger partial charge in [0.1, 0.15) is 23.9 Å². The molecule has 31 heavy (non-hydrogen) atoms. The van der Waals surface area contributed by atoms with Gasteiger partial charge in [-0.2, -0.15) is 8.42 Å². The number of carbonyl (C=O) groups excluding carboxylic acids is 3. The Hall–Kier alpha value is -3.02. The zero-order valence-corrected chi connectivity index (χ0v) is 17.2. The van der Waals surface area contributed by atoms with Gasteiger partial charge in [0.15, 0.2) is 5.96 Å². The predicted molar refractivity (Wildman–Crippen MR) is 106 cm³/mol. The van der Waals surface area contributed by atoms with E-state index in [-0.39, 0.29) is 25.3 Å². The van der Waals surface area contributed by atoms with E-state index in [0.717, 1.165) is 0 Å². The lowest BCUT2D eigenvalue weighted by molar-refractivity contribution is -0.142. The predicted octanol–water partition coefficient (Wildman–Crippen LogP) is -5.58. The van der Waals surface area contributed by atoms with Crippen LogP contribution in [0.3, 0.4) is 0 Å². The Morgan fingerprint density at radius 3 is 1.97 bits per heavy atom. The number of nitrogens with two attached hydrogens (primary N) is 3. The molecule has 0 spiro atoms. The second-order valence-corrected chi connectivity index (χ2v) is 7.66. The first-order valence-corrected chi connectivity index (χ1v) is 10.4. The largest absolute Gasteiger partial charge is 0.480 e. The summed E-state index contributed by atoms with van der Waals surface area (Å²) in [7, 11) is -4.80. The van der Waals surface area contributed by atoms with E-state index in [4.69, 9.17) is 21.8 Å². The summed E-state index contributed by atoms with van der Waals surface area (Å²) >= 11 is 0. The van der Waals surface area contributed by atoms with Crippen molar-refractivity contribution in [3.63, 3.8) is 0 Å². The fourth-order valence-corrected chi connectivity index (χ4v) is 2.80. The van der Waals surface area contributed by atoms with Crippen molar-refractivity contribution in [2.75, 3.05) is 25.4 Å². The molecule has 0 aliphatic heterocycles. The molecule has 0 aromatic rings. The maximum Gasteiger partial charge on any atom is 0.326 e. The molecule has 178 valence electrons. The number of nitrogens with one attached hydrogen (secondary N) is 3. The van der Waals surface area contributed by atoms with Crippen LogP contribution in [0.25, 0.3) is 0 Å². The lowest BCUT2D eigenvalue weighted by Crippen LogP contribution is -2.58. The van der Waals surface area contributed by atoms with E-state index >= 15 is 0 Å². The molecule has 16 nitrogen and oxygen atoms in total. The van der Waals surface area contributed by atoms with Crippen molar-refractivity contribution in [3.05, 3.63) is 0 Å². The summed E-state index contributed by atoms with van der Waals surface area (Å²) in [6.45, 7) is -1.37. The molecule has 3 amide bonds. The molecule has 0 unspecified atom stereocenters. The molecule has 0 aliphatic carbocycles. The van der Waals surface area contributed by atoms with Gasteiger partial charge in [0.25, 0.3) is 10.1 Å². The second-order valence-electron chi connectivity index (χ2n) is 6.16. The van der Waals surface area contributed by atoms with Crippen LogP contribution in [0.5, 0.6) is 0 Å². The van der Waals surface area contributed by atoms with E-state index < -0.39 is 70.8 Å². The maximum atomic E-state index is 12.4. The van der Waals surface area contributed by atoms with Gasteiger partial charge in [-0.3, -0.25) is 23.9 Å². The Balaban J connectivity index is 5.34. The van der Waals surface area contributed by atoms with E-state index in [1.807, 2.05) is 16.0 Å². The summed E-state index contributed by atoms with van der Waals surface area (Å²) in [6.07, 6.45) is -0.00159. The van der Waals surface area contributed by atoms with Crippen LogP contribution in [0.1, 0.15) is 12.8 Å². The molecule has 12 N–H and O–H groups in total. The van der Waals surface area contributed by atoms with Gasteiger partial charge in [0.05, 0.1) is 13.2 Å². The number of aliphatic hydroxyl groups is 1. The second kappa shape index (κ2) is 13.3. The molecule has 0 aromatic carbocycles. The Kier molecular flexibility index (Phi) is 12.0. The number of rotatable bonds is 14. The Labute approximate surface area is 177 Å². The summed E-state index contributed by atoms with van der Waals surface area (Å²) in [5.74, 6) is -6.22. The number of amides is 3. The first-order chi connectivity index (χ1) is 14.3. The molecular formula is C14H27N7O9S. The van der Waals surface area contributed by atoms with E-state index in [0.29, 0.717) is 0 Å². The van der Waals surface area contributed by atoms with Crippen molar-refractivity contribution in [3.8, 4) is 0 Å². The van der Waals surface area contributed by atoms with Crippen LogP contribution in [-0.2, 0) is 29.3 Å². The van der Waals surface area contributed by atoms with Gasteiger partial charge in [-0.15, -0.1) is 0 Å². The number of nitrogens with zero attached hydrogens (tertiary/aromatic N) is 1. The van der Waals surface area contributed by atoms with Crippen molar-refractivity contribution >= 4 is 39.8 Å². The molecule has 0 aromatic heterocycles. The van der Waals surface area contributed by atoms with Crippen molar-refractivity contribution in [1.29, 1.82) is 0 Å². The Morgan fingerprint density at radius 2 is 1.52 bits per heavy atom. The minimum atomic E-state index is -4.80. The molecule has 0 radical (unpaired) electrons. The number of hydrogen-bond donors (Lipinski definition) is 9. The molecule has 0 bridgehead atoms. The summed E-state index contributed by atoms with van der Waals surface area (Å²) in [5, 5.41) is 24.4. The molecule has 0 saturated carbocycles. The van der Waals surface area contributed by atoms with Crippen LogP contribution < -0.4 is 33.2 Å². The maximum absolute atomic E-state index is 12.4. The normalized spacial score (nSPS) is 13.9. The van der Waals surface area contributed by atoms with E-state index in [9.17, 15) is 37.8 Å². The molecule has 0 rings (SSSR count). The highest BCUT2D eigenvalue weighted by Gasteiger charge is 2.31. The van der Waals surface area contributed by atoms with Crippen molar-refractivity contribution < 1.29 is 42.4 Å². The van der Waals surface area contributed by atoms with Gasteiger partial charge >= 0.3 is 5.97 Å². The summed E-state index contributed by atoms with van der Waals surface area (Å²) in [5.41, 5.74) is 15.4. The molecule has 0 saturated heterocycles. The first-order valence-electron chi connectivity index (χ1n) is 8.75. The minimum Gasteiger partial charge on any atom is -0.480 e. The quantitative estimate of drug-likeness (QED) is 0.0498. The van der Waals surface area contributed by atoms with Crippen LogP contribution in [0.4, 0.5) is 0 Å². The average Bonchev–Trinajstić information content (AvgIpc) is 2.65. The number of carboxylic acid groups (broad SMARTS) is 1. The fraction of sp³-hybridized carbons (Fsp3) is 0.643. The van der Waals surface area contributed by atoms with Gasteiger partial charge in [0.2, 0.25) is 17.7 Å². The number of carbonyl (C=O) groups is 4. The topological polar surface area (TPSA) is 290 Å². The van der Waals surface area contributed by atoms with Gasteiger partial charge in [0, 0.05) is 6.54 Å². The summed E-state index contributed by atoms with van der Waals surface area (Å²) in [4.78, 5) is 50.9. The molecular weight excluding hydrogens is 442 g/mol. The zero-order chi connectivity index (χ0) is 24.2. The van der Waals surface area contributed by atoms with Crippen LogP contribution in [0, 0.1) is 0 Å². The minimum absolute atomic E-state index is 0.0617. The van der Waals surface area contributed by atoms with Gasteiger partial charge in [-0.05, 0) is 12.8 Å². The number of hydrogen-bond acceptors (Lipinski definition) is 9. The van der Waals surface area contributed by atoms with E-state index in [1.54, 1.807) is 0 Å². The van der Waals surface area contributed by atoms with Crippen molar-refractivity contribution in [2.24, 2.45) is 22.2 Å². The van der Waals surface area contributed by atoms with Gasteiger partial charge < -0.3 is 43.4 Å². The third kappa shape index (κ3) is 12.3. The number of carboxylic acids is 1. The van der Waals surface area contributed by atoms with E-state index in [1.165, 1.54) is 0 Å². The van der Waals surface area contributed by atoms with Crippen LogP contribution >= 0.6 is 0 Å². The molecule has 0 aliphatic rings. The highest BCUT2D eigenvalue weighted by molar-refractivity contribution is 7.85. The number of aliphatic carboxylic acids is 1. The first kappa shape index (κ1) is 28.0. The van der Waals surface area contributed by atoms with Gasteiger partial charge in [-0.25, -0.2) is 4.79 Å². The lowest BCUT2D eigenvalue weighted by Gasteiger charge is -2.23. The van der Waals surface area contributed by atoms with Crippen LogP contribution in [0.2, 0.25) is 0 Å². The SMILES string of the molecule is NCC(=O)N[C@@H](CO)C(=O)N[C@@H](CS(=O)(=O)O)C(=O)N[C@@H](CCCN=C(N)N)C(=O)O. The van der Waals surface area contributed by atoms with E-state index in [2.05, 4.69) is 4.99 Å². The molecule has 0 fully saturated rings.